The molecule has 0 fully saturated rings. The van der Waals surface area contributed by atoms with Crippen LogP contribution in [0.1, 0.15) is 17.2 Å². The lowest BCUT2D eigenvalue weighted by molar-refractivity contribution is -0.138. The average Bonchev–Trinajstić information content (AvgIpc) is 2.69. The number of carboxylic acids is 1. The van der Waals surface area contributed by atoms with Crippen molar-refractivity contribution in [1.82, 2.24) is 0 Å². The van der Waals surface area contributed by atoms with Gasteiger partial charge in [0.05, 0.1) is 10.8 Å². The van der Waals surface area contributed by atoms with E-state index in [1.165, 1.54) is 0 Å². The Morgan fingerprint density at radius 2 is 1.46 bits per heavy atom. The van der Waals surface area contributed by atoms with Gasteiger partial charge in [-0.25, -0.2) is 0 Å². The second-order valence-electron chi connectivity index (χ2n) is 6.30. The van der Waals surface area contributed by atoms with Crippen LogP contribution in [0.15, 0.2) is 83.8 Å². The predicted molar refractivity (Wildman–Crippen MR) is 107 cm³/mol. The molecule has 0 bridgehead atoms. The lowest BCUT2D eigenvalue weighted by Gasteiger charge is -2.19. The third kappa shape index (κ3) is 4.65. The van der Waals surface area contributed by atoms with Crippen molar-refractivity contribution in [2.45, 2.75) is 23.2 Å². The number of para-hydroxylation sites is 1. The van der Waals surface area contributed by atoms with Gasteiger partial charge in [-0.3, -0.25) is 9.00 Å². The highest BCUT2D eigenvalue weighted by Crippen LogP contribution is 2.28. The molecule has 3 aromatic rings. The summed E-state index contributed by atoms with van der Waals surface area (Å²) >= 11 is 0. The van der Waals surface area contributed by atoms with Crippen LogP contribution in [0.2, 0.25) is 0 Å². The molecule has 0 saturated carbocycles. The van der Waals surface area contributed by atoms with Crippen LogP contribution < -0.4 is 4.74 Å². The summed E-state index contributed by atoms with van der Waals surface area (Å²) in [4.78, 5) is 12.1. The Morgan fingerprint density at radius 1 is 0.893 bits per heavy atom. The van der Waals surface area contributed by atoms with Crippen LogP contribution in [-0.2, 0) is 15.6 Å². The number of aliphatic carboxylic acids is 1. The van der Waals surface area contributed by atoms with Gasteiger partial charge in [-0.2, -0.15) is 0 Å². The van der Waals surface area contributed by atoms with Crippen molar-refractivity contribution in [2.24, 2.45) is 0 Å². The molecule has 0 aliphatic heterocycles. The Kier molecular flexibility index (Phi) is 6.23. The molecule has 5 nitrogen and oxygen atoms in total. The van der Waals surface area contributed by atoms with E-state index in [1.54, 1.807) is 48.5 Å². The first-order valence-electron chi connectivity index (χ1n) is 8.66. The molecule has 3 rings (SSSR count). The molecular weight excluding hydrogens is 376 g/mol. The highest BCUT2D eigenvalue weighted by Gasteiger charge is 2.34. The molecule has 0 heterocycles. The first kappa shape index (κ1) is 19.8. The molecule has 0 spiro atoms. The molecule has 0 aliphatic rings. The molecule has 2 N–H and O–H groups in total. The fourth-order valence-electron chi connectivity index (χ4n) is 2.70. The normalized spacial score (nSPS) is 14.1. The van der Waals surface area contributed by atoms with Crippen LogP contribution in [-0.4, -0.2) is 25.6 Å². The van der Waals surface area contributed by atoms with Gasteiger partial charge in [-0.1, -0.05) is 48.0 Å². The topological polar surface area (TPSA) is 83.8 Å². The number of hydrogen-bond acceptors (Lipinski definition) is 4. The molecule has 0 aliphatic carbocycles. The second-order valence-corrected chi connectivity index (χ2v) is 7.87. The van der Waals surface area contributed by atoms with Crippen molar-refractivity contribution in [1.29, 1.82) is 0 Å². The number of carboxylic acid groups (broad SMARTS) is 1. The molecule has 28 heavy (non-hydrogen) atoms. The Bertz CT molecular complexity index is 952. The average molecular weight is 396 g/mol. The van der Waals surface area contributed by atoms with E-state index in [2.05, 4.69) is 0 Å². The van der Waals surface area contributed by atoms with E-state index >= 15 is 0 Å². The van der Waals surface area contributed by atoms with Gasteiger partial charge in [0.25, 0.3) is 0 Å². The Hall–Kier alpha value is -2.96. The quantitative estimate of drug-likeness (QED) is 0.629. The second kappa shape index (κ2) is 8.82. The van der Waals surface area contributed by atoms with Gasteiger partial charge >= 0.3 is 5.97 Å². The van der Waals surface area contributed by atoms with Crippen molar-refractivity contribution >= 4 is 16.8 Å². The van der Waals surface area contributed by atoms with Crippen molar-refractivity contribution in [3.05, 3.63) is 90.0 Å². The maximum Gasteiger partial charge on any atom is 0.322 e. The zero-order valence-electron chi connectivity index (χ0n) is 15.2. The van der Waals surface area contributed by atoms with Gasteiger partial charge in [-0.05, 0) is 48.9 Å². The summed E-state index contributed by atoms with van der Waals surface area (Å²) in [5.41, 5.74) is 1.33. The lowest BCUT2D eigenvalue weighted by Crippen LogP contribution is -2.32. The Balaban J connectivity index is 1.79. The number of rotatable bonds is 7. The maximum absolute atomic E-state index is 12.8. The zero-order chi connectivity index (χ0) is 20.1. The fraction of sp³-hybridized carbons (Fsp3) is 0.136. The highest BCUT2D eigenvalue weighted by atomic mass is 32.2. The van der Waals surface area contributed by atoms with E-state index in [-0.39, 0.29) is 0 Å². The van der Waals surface area contributed by atoms with Gasteiger partial charge < -0.3 is 14.9 Å². The molecule has 6 heteroatoms. The van der Waals surface area contributed by atoms with Crippen molar-refractivity contribution in [3.8, 4) is 11.5 Å². The van der Waals surface area contributed by atoms with Crippen LogP contribution in [0.25, 0.3) is 0 Å². The van der Waals surface area contributed by atoms with Crippen molar-refractivity contribution < 1.29 is 24.0 Å². The minimum Gasteiger partial charge on any atom is -0.480 e. The molecule has 3 atom stereocenters. The smallest absolute Gasteiger partial charge is 0.322 e. The van der Waals surface area contributed by atoms with Crippen LogP contribution in [0, 0.1) is 6.92 Å². The van der Waals surface area contributed by atoms with Crippen molar-refractivity contribution in [3.63, 3.8) is 0 Å². The summed E-state index contributed by atoms with van der Waals surface area (Å²) in [6.45, 7) is 1.88. The summed E-state index contributed by atoms with van der Waals surface area (Å²) in [6, 6.07) is 22.4. The fourth-order valence-corrected chi connectivity index (χ4v) is 3.97. The van der Waals surface area contributed by atoms with Crippen LogP contribution in [0.5, 0.6) is 11.5 Å². The molecular formula is C22H20O5S. The van der Waals surface area contributed by atoms with E-state index in [0.717, 1.165) is 5.56 Å². The van der Waals surface area contributed by atoms with Crippen LogP contribution in [0.4, 0.5) is 0 Å². The van der Waals surface area contributed by atoms with E-state index in [4.69, 9.17) is 4.74 Å². The molecule has 0 radical (unpaired) electrons. The van der Waals surface area contributed by atoms with Gasteiger partial charge in [0, 0.05) is 4.90 Å². The lowest BCUT2D eigenvalue weighted by atomic mass is 10.1. The van der Waals surface area contributed by atoms with E-state index in [1.807, 2.05) is 37.3 Å². The Morgan fingerprint density at radius 3 is 2.04 bits per heavy atom. The van der Waals surface area contributed by atoms with E-state index in [0.29, 0.717) is 22.0 Å². The molecule has 3 aromatic carbocycles. The van der Waals surface area contributed by atoms with E-state index < -0.39 is 28.1 Å². The van der Waals surface area contributed by atoms with Gasteiger partial charge in [0.1, 0.15) is 17.6 Å². The summed E-state index contributed by atoms with van der Waals surface area (Å²) < 4.78 is 18.5. The number of carbonyl (C=O) groups is 1. The zero-order valence-corrected chi connectivity index (χ0v) is 16.0. The molecule has 0 saturated heterocycles. The highest BCUT2D eigenvalue weighted by molar-refractivity contribution is 7.86. The van der Waals surface area contributed by atoms with Gasteiger partial charge in [0.2, 0.25) is 0 Å². The maximum atomic E-state index is 12.8. The summed E-state index contributed by atoms with van der Waals surface area (Å²) in [5, 5.41) is 18.7. The first-order chi connectivity index (χ1) is 13.5. The first-order valence-corrected chi connectivity index (χ1v) is 9.88. The van der Waals surface area contributed by atoms with Crippen molar-refractivity contribution in [2.75, 3.05) is 0 Å². The predicted octanol–water partition coefficient (Wildman–Crippen LogP) is 4.08. The summed E-state index contributed by atoms with van der Waals surface area (Å²) in [5.74, 6) is -0.107. The molecule has 1 unspecified atom stereocenters. The Labute approximate surface area is 165 Å². The third-order valence-corrected chi connectivity index (χ3v) is 5.87. The van der Waals surface area contributed by atoms with Crippen LogP contribution in [0.3, 0.4) is 0 Å². The van der Waals surface area contributed by atoms with E-state index in [9.17, 15) is 19.2 Å². The van der Waals surface area contributed by atoms with Crippen LogP contribution >= 0.6 is 0 Å². The third-order valence-electron chi connectivity index (χ3n) is 4.21. The number of benzene rings is 3. The summed E-state index contributed by atoms with van der Waals surface area (Å²) in [7, 11) is -1.91. The van der Waals surface area contributed by atoms with Gasteiger partial charge in [0.15, 0.2) is 5.25 Å². The number of aryl methyl sites for hydroxylation is 1. The van der Waals surface area contributed by atoms with Gasteiger partial charge in [-0.15, -0.1) is 0 Å². The monoisotopic (exact) mass is 396 g/mol. The SMILES string of the molecule is Cc1ccc(S(=O)[C@H](C(=O)O)[C@@H](O)c2ccc(Oc3ccccc3)cc2)cc1. The molecule has 0 amide bonds. The molecule has 0 aromatic heterocycles. The number of ether oxygens (including phenoxy) is 1. The number of hydrogen-bond donors (Lipinski definition) is 2. The standard InChI is InChI=1S/C22H20O5S/c1-15-7-13-19(14-8-15)28(26)21(22(24)25)20(23)16-9-11-18(12-10-16)27-17-5-3-2-4-6-17/h2-14,20-21,23H,1H3,(H,24,25)/t20-,21-,28?/m0/s1. The largest absolute Gasteiger partial charge is 0.480 e. The molecule has 144 valence electrons. The minimum absolute atomic E-state index is 0.355. The summed E-state index contributed by atoms with van der Waals surface area (Å²) in [6.07, 6.45) is -1.43. The number of aliphatic hydroxyl groups is 1. The number of aliphatic hydroxyl groups excluding tert-OH is 1. The minimum atomic E-state index is -1.91.